The number of carbonyl (C=O) groups is 2. The highest BCUT2D eigenvalue weighted by Crippen LogP contribution is 2.61. The van der Waals surface area contributed by atoms with Crippen molar-refractivity contribution >= 4 is 64.9 Å². The summed E-state index contributed by atoms with van der Waals surface area (Å²) in [5.74, 6) is -0.531. The number of hydrogen-bond donors (Lipinski definition) is 10. The number of thiol groups is 1. The monoisotopic (exact) mass is 823 g/mol. The van der Waals surface area contributed by atoms with Crippen molar-refractivity contribution in [1.29, 1.82) is 0 Å². The van der Waals surface area contributed by atoms with Crippen LogP contribution in [0.15, 0.2) is 12.7 Å². The molecule has 296 valence electrons. The van der Waals surface area contributed by atoms with Crippen molar-refractivity contribution in [2.75, 3.05) is 43.9 Å². The summed E-state index contributed by atoms with van der Waals surface area (Å²) < 4.78 is 62.5. The van der Waals surface area contributed by atoms with Crippen LogP contribution in [0.25, 0.3) is 11.2 Å². The Bertz CT molecular complexity index is 1660. The highest BCUT2D eigenvalue weighted by molar-refractivity contribution is 7.80. The average Bonchev–Trinajstić information content (AvgIpc) is 3.61. The van der Waals surface area contributed by atoms with Gasteiger partial charge in [-0.3, -0.25) is 27.7 Å². The quantitative estimate of drug-likeness (QED) is 0.0423. The van der Waals surface area contributed by atoms with Crippen LogP contribution in [0.5, 0.6) is 0 Å². The van der Waals surface area contributed by atoms with Crippen molar-refractivity contribution in [2.24, 2.45) is 5.41 Å². The van der Waals surface area contributed by atoms with Crippen LogP contribution in [0, 0.1) is 5.41 Å². The second-order valence-electron chi connectivity index (χ2n) is 12.0. The molecule has 1 saturated heterocycles. The van der Waals surface area contributed by atoms with E-state index in [1.165, 1.54) is 31.1 Å². The molecule has 0 radical (unpaired) electrons. The molecule has 0 aliphatic carbocycles. The predicted octanol–water partition coefficient (Wildman–Crippen LogP) is -0.0355. The first-order valence-electron chi connectivity index (χ1n) is 15.7. The molecule has 3 heterocycles. The largest absolute Gasteiger partial charge is 0.481 e. The number of amides is 2. The molecule has 1 fully saturated rings. The molecule has 0 aromatic carbocycles. The van der Waals surface area contributed by atoms with E-state index in [-0.39, 0.29) is 30.0 Å². The summed E-state index contributed by atoms with van der Waals surface area (Å²) in [6.45, 7) is 3.34. The van der Waals surface area contributed by atoms with Crippen LogP contribution in [0.4, 0.5) is 5.82 Å². The molecule has 1 aliphatic rings. The Morgan fingerprint density at radius 3 is 2.40 bits per heavy atom. The van der Waals surface area contributed by atoms with Crippen LogP contribution in [0.1, 0.15) is 46.3 Å². The molecule has 2 amide bonds. The molecule has 0 saturated carbocycles. The second-order valence-corrected chi connectivity index (χ2v) is 16.7. The lowest BCUT2D eigenvalue weighted by atomic mass is 9.87. The highest BCUT2D eigenvalue weighted by Gasteiger charge is 2.50. The van der Waals surface area contributed by atoms with Crippen molar-refractivity contribution in [3.05, 3.63) is 12.7 Å². The number of rotatable bonds is 22. The summed E-state index contributed by atoms with van der Waals surface area (Å²) in [5.41, 5.74) is -1.17. The molecule has 9 N–H and O–H groups in total. The number of phosphoric acid groups is 3. The first kappa shape index (κ1) is 44.3. The Kier molecular flexibility index (Phi) is 16.2. The van der Waals surface area contributed by atoms with Gasteiger partial charge < -0.3 is 50.5 Å². The number of nitrogens with zero attached hydrogens (tertiary/aromatic N) is 4. The fourth-order valence-corrected chi connectivity index (χ4v) is 7.57. The van der Waals surface area contributed by atoms with Gasteiger partial charge in [0.1, 0.15) is 30.7 Å². The van der Waals surface area contributed by atoms with Gasteiger partial charge in [0.2, 0.25) is 11.8 Å². The van der Waals surface area contributed by atoms with E-state index < -0.39 is 78.6 Å². The zero-order valence-electron chi connectivity index (χ0n) is 28.2. The number of anilines is 1. The van der Waals surface area contributed by atoms with E-state index in [0.717, 1.165) is 12.8 Å². The summed E-state index contributed by atoms with van der Waals surface area (Å²) in [4.78, 5) is 75.9. The second kappa shape index (κ2) is 19.0. The van der Waals surface area contributed by atoms with Gasteiger partial charge in [-0.15, -0.1) is 0 Å². The minimum absolute atomic E-state index is 0.0977. The van der Waals surface area contributed by atoms with Crippen LogP contribution in [0.2, 0.25) is 0 Å². The summed E-state index contributed by atoms with van der Waals surface area (Å²) in [6, 6.07) is 0. The Hall–Kier alpha value is -2.11. The number of hydrogen-bond acceptors (Lipinski definition) is 17. The Labute approximate surface area is 303 Å². The van der Waals surface area contributed by atoms with Crippen molar-refractivity contribution < 1.29 is 75.7 Å². The normalized spacial score (nSPS) is 22.4. The van der Waals surface area contributed by atoms with Crippen LogP contribution < -0.4 is 16.0 Å². The number of aliphatic hydroxyl groups excluding tert-OH is 2. The lowest BCUT2D eigenvalue weighted by Gasteiger charge is -2.30. The van der Waals surface area contributed by atoms with Crippen LogP contribution >= 0.6 is 36.1 Å². The number of carbonyl (C=O) groups excluding carboxylic acids is 2. The van der Waals surface area contributed by atoms with Crippen LogP contribution in [-0.4, -0.2) is 124 Å². The number of imidazole rings is 1. The highest BCUT2D eigenvalue weighted by atomic mass is 32.1. The van der Waals surface area contributed by atoms with Crippen molar-refractivity contribution in [3.63, 3.8) is 0 Å². The maximum Gasteiger partial charge on any atom is 0.481 e. The van der Waals surface area contributed by atoms with Crippen LogP contribution in [-0.2, 0) is 45.9 Å². The molecule has 2 aromatic heterocycles. The maximum atomic E-state index is 12.7. The molecule has 0 spiro atoms. The fourth-order valence-electron chi connectivity index (χ4n) is 4.63. The fraction of sp³-hybridized carbons (Fsp3) is 0.720. The number of phosphoric ester groups is 3. The minimum Gasteiger partial charge on any atom is -0.386 e. The third-order valence-corrected chi connectivity index (χ3v) is 10.6. The van der Waals surface area contributed by atoms with E-state index >= 15 is 0 Å². The number of fused-ring (bicyclic) bond motifs is 1. The third-order valence-electron chi connectivity index (χ3n) is 7.31. The molecule has 0 bridgehead atoms. The molecule has 27 heteroatoms. The number of aromatic nitrogens is 4. The standard InChI is InChI=1S/C25H44N7O16P3S/c1-4-5-7-27-21-17-22(30-13-29-21)32(14-31-17)24-18(34)19(47-49(37,38)39)15(46-24)11-44-50(40,41)48-51(42,43)45-12-25(2,3)20(35)23(36)28-8-6-16(33)26-9-10-52/h13-15,18-20,24,34-35,52H,4-12H2,1-3H3,(H,26,33)(H,28,36)(H,40,41)(H,42,43)(H,27,29,30)(H2,37,38,39)/t15-,18-,19-,20+,24-/m1/s1. The van der Waals surface area contributed by atoms with Gasteiger partial charge in [-0.05, 0) is 6.42 Å². The molecule has 2 aromatic rings. The van der Waals surface area contributed by atoms with E-state index in [4.69, 9.17) is 18.3 Å². The molecule has 3 rings (SSSR count). The number of aliphatic hydroxyl groups is 2. The Balaban J connectivity index is 1.64. The van der Waals surface area contributed by atoms with Gasteiger partial charge in [0.15, 0.2) is 23.2 Å². The lowest BCUT2D eigenvalue weighted by molar-refractivity contribution is -0.137. The zero-order chi connectivity index (χ0) is 38.9. The van der Waals surface area contributed by atoms with E-state index in [9.17, 15) is 53.1 Å². The number of ether oxygens (including phenoxy) is 1. The molecular weight excluding hydrogens is 779 g/mol. The van der Waals surface area contributed by atoms with Gasteiger partial charge >= 0.3 is 23.5 Å². The van der Waals surface area contributed by atoms with Gasteiger partial charge in [-0.1, -0.05) is 27.2 Å². The summed E-state index contributed by atoms with van der Waals surface area (Å²) >= 11 is 3.96. The van der Waals surface area contributed by atoms with E-state index in [1.807, 2.05) is 6.92 Å². The molecule has 23 nitrogen and oxygen atoms in total. The van der Waals surface area contributed by atoms with Gasteiger partial charge in [-0.25, -0.2) is 28.6 Å². The van der Waals surface area contributed by atoms with Gasteiger partial charge in [-0.2, -0.15) is 16.9 Å². The zero-order valence-corrected chi connectivity index (χ0v) is 31.8. The first-order valence-corrected chi connectivity index (χ1v) is 20.8. The summed E-state index contributed by atoms with van der Waals surface area (Å²) in [7, 11) is -16.3. The molecular formula is C25H44N7O16P3S. The van der Waals surface area contributed by atoms with E-state index in [1.54, 1.807) is 0 Å². The average molecular weight is 824 g/mol. The smallest absolute Gasteiger partial charge is 0.386 e. The molecule has 52 heavy (non-hydrogen) atoms. The first-order chi connectivity index (χ1) is 24.2. The molecule has 2 unspecified atom stereocenters. The van der Waals surface area contributed by atoms with Gasteiger partial charge in [0.25, 0.3) is 0 Å². The Morgan fingerprint density at radius 2 is 1.75 bits per heavy atom. The Morgan fingerprint density at radius 1 is 1.06 bits per heavy atom. The van der Waals surface area contributed by atoms with Crippen molar-refractivity contribution in [3.8, 4) is 0 Å². The van der Waals surface area contributed by atoms with E-state index in [2.05, 4.69) is 47.8 Å². The maximum absolute atomic E-state index is 12.7. The third kappa shape index (κ3) is 13.0. The predicted molar refractivity (Wildman–Crippen MR) is 182 cm³/mol. The van der Waals surface area contributed by atoms with Gasteiger partial charge in [0.05, 0.1) is 19.5 Å². The summed E-state index contributed by atoms with van der Waals surface area (Å²) in [5, 5.41) is 29.4. The number of nitrogens with one attached hydrogen (secondary N) is 3. The molecule has 7 atom stereocenters. The SMILES string of the molecule is CCCCNc1ncnc2c1ncn2[C@@H]1O[C@H](COP(=O)(O)OP(=O)(O)OCC(C)(C)[C@@H](O)C(=O)NCCC(=O)NCCS)[C@@H](OP(=O)(O)O)[C@H]1O. The number of unbranched alkanes of at least 4 members (excludes halogenated alkanes) is 1. The van der Waals surface area contributed by atoms with E-state index in [0.29, 0.717) is 24.7 Å². The van der Waals surface area contributed by atoms with Crippen molar-refractivity contribution in [1.82, 2.24) is 30.2 Å². The van der Waals surface area contributed by atoms with Gasteiger partial charge in [0, 0.05) is 37.2 Å². The van der Waals surface area contributed by atoms with Crippen LogP contribution in [0.3, 0.4) is 0 Å². The topological polar surface area (TPSA) is 333 Å². The minimum atomic E-state index is -5.54. The van der Waals surface area contributed by atoms with Crippen molar-refractivity contribution in [2.45, 2.75) is 70.7 Å². The lowest BCUT2D eigenvalue weighted by Crippen LogP contribution is -2.46. The molecule has 1 aliphatic heterocycles. The summed E-state index contributed by atoms with van der Waals surface area (Å²) in [6.07, 6.45) is -4.70.